The maximum absolute atomic E-state index is 12.5. The number of carbonyl (C=O) groups is 1. The van der Waals surface area contributed by atoms with Gasteiger partial charge in [0, 0.05) is 0 Å². The van der Waals surface area contributed by atoms with Gasteiger partial charge in [-0.2, -0.15) is 0 Å². The molecule has 3 aromatic rings. The van der Waals surface area contributed by atoms with Crippen molar-refractivity contribution in [3.63, 3.8) is 0 Å². The van der Waals surface area contributed by atoms with Crippen molar-refractivity contribution in [2.24, 2.45) is 5.92 Å². The summed E-state index contributed by atoms with van der Waals surface area (Å²) < 4.78 is 1.66. The van der Waals surface area contributed by atoms with Crippen molar-refractivity contribution in [3.8, 4) is 0 Å². The van der Waals surface area contributed by atoms with Gasteiger partial charge >= 0.3 is 0 Å². The predicted octanol–water partition coefficient (Wildman–Crippen LogP) is 3.01. The predicted molar refractivity (Wildman–Crippen MR) is 92.3 cm³/mol. The number of nitrogens with one attached hydrogen (secondary N) is 1. The first-order chi connectivity index (χ1) is 11.7. The molecule has 122 valence electrons. The Balaban J connectivity index is 1.50. The van der Waals surface area contributed by atoms with E-state index in [9.17, 15) is 4.79 Å². The number of benzene rings is 2. The molecule has 1 unspecified atom stereocenters. The van der Waals surface area contributed by atoms with Crippen LogP contribution in [0.5, 0.6) is 0 Å². The molecule has 0 radical (unpaired) electrons. The van der Waals surface area contributed by atoms with Crippen LogP contribution in [0, 0.1) is 12.8 Å². The second-order valence-corrected chi connectivity index (χ2v) is 6.53. The second-order valence-electron chi connectivity index (χ2n) is 6.53. The molecule has 4 rings (SSSR count). The number of hydrogen-bond donors (Lipinski definition) is 1. The number of carbonyl (C=O) groups excluding carboxylic acids is 1. The Morgan fingerprint density at radius 3 is 2.71 bits per heavy atom. The van der Waals surface area contributed by atoms with Crippen LogP contribution in [-0.2, 0) is 11.3 Å². The van der Waals surface area contributed by atoms with Crippen molar-refractivity contribution in [2.75, 3.05) is 0 Å². The molecule has 0 bridgehead atoms. The van der Waals surface area contributed by atoms with Gasteiger partial charge in [0.1, 0.15) is 12.1 Å². The summed E-state index contributed by atoms with van der Waals surface area (Å²) in [6.07, 6.45) is 2.34. The molecule has 1 fully saturated rings. The third-order valence-electron chi connectivity index (χ3n) is 4.56. The monoisotopic (exact) mass is 320 g/mol. The topological polar surface area (TPSA) is 59.8 Å². The largest absolute Gasteiger partial charge is 0.347 e. The molecule has 1 N–H and O–H groups in total. The van der Waals surface area contributed by atoms with Gasteiger partial charge in [0.25, 0.3) is 0 Å². The van der Waals surface area contributed by atoms with E-state index in [4.69, 9.17) is 0 Å². The summed E-state index contributed by atoms with van der Waals surface area (Å²) in [5.41, 5.74) is 4.10. The van der Waals surface area contributed by atoms with Gasteiger partial charge in [0.05, 0.1) is 11.6 Å². The zero-order valence-corrected chi connectivity index (χ0v) is 13.6. The van der Waals surface area contributed by atoms with Crippen molar-refractivity contribution in [1.29, 1.82) is 0 Å². The average Bonchev–Trinajstić information content (AvgIpc) is 3.36. The highest BCUT2D eigenvalue weighted by atomic mass is 16.2. The van der Waals surface area contributed by atoms with Gasteiger partial charge in [-0.25, -0.2) is 4.68 Å². The smallest absolute Gasteiger partial charge is 0.242 e. The first-order valence-corrected chi connectivity index (χ1v) is 8.35. The van der Waals surface area contributed by atoms with Crippen LogP contribution in [0.15, 0.2) is 48.5 Å². The highest BCUT2D eigenvalue weighted by molar-refractivity contribution is 5.80. The van der Waals surface area contributed by atoms with E-state index in [2.05, 4.69) is 46.8 Å². The summed E-state index contributed by atoms with van der Waals surface area (Å²) in [6.45, 7) is 2.26. The summed E-state index contributed by atoms with van der Waals surface area (Å²) in [7, 11) is 0. The fourth-order valence-corrected chi connectivity index (χ4v) is 3.07. The molecule has 24 heavy (non-hydrogen) atoms. The van der Waals surface area contributed by atoms with E-state index in [1.807, 2.05) is 24.3 Å². The second kappa shape index (κ2) is 6.07. The summed E-state index contributed by atoms with van der Waals surface area (Å²) in [6, 6.07) is 16.2. The molecular formula is C19H20N4O. The molecule has 1 atom stereocenters. The van der Waals surface area contributed by atoms with Crippen LogP contribution in [0.1, 0.15) is 30.0 Å². The molecule has 0 saturated heterocycles. The van der Waals surface area contributed by atoms with Crippen molar-refractivity contribution in [2.45, 2.75) is 32.4 Å². The Morgan fingerprint density at radius 2 is 1.96 bits per heavy atom. The van der Waals surface area contributed by atoms with Crippen LogP contribution in [0.25, 0.3) is 11.0 Å². The van der Waals surface area contributed by atoms with E-state index in [0.717, 1.165) is 11.0 Å². The maximum atomic E-state index is 12.5. The Labute approximate surface area is 140 Å². The van der Waals surface area contributed by atoms with Crippen molar-refractivity contribution >= 4 is 16.9 Å². The number of fused-ring (bicyclic) bond motifs is 1. The minimum Gasteiger partial charge on any atom is -0.347 e. The third kappa shape index (κ3) is 3.02. The Morgan fingerprint density at radius 1 is 1.21 bits per heavy atom. The lowest BCUT2D eigenvalue weighted by molar-refractivity contribution is -0.122. The van der Waals surface area contributed by atoms with E-state index in [1.165, 1.54) is 24.0 Å². The Bertz CT molecular complexity index is 864. The number of aryl methyl sites for hydroxylation is 1. The highest BCUT2D eigenvalue weighted by Gasteiger charge is 2.33. The molecule has 1 saturated carbocycles. The van der Waals surface area contributed by atoms with Gasteiger partial charge in [-0.05, 0) is 43.4 Å². The summed E-state index contributed by atoms with van der Waals surface area (Å²) >= 11 is 0. The number of rotatable bonds is 5. The number of hydrogen-bond acceptors (Lipinski definition) is 3. The molecule has 5 nitrogen and oxygen atoms in total. The fourth-order valence-electron chi connectivity index (χ4n) is 3.07. The van der Waals surface area contributed by atoms with E-state index in [0.29, 0.717) is 5.92 Å². The Kier molecular flexibility index (Phi) is 3.76. The van der Waals surface area contributed by atoms with Gasteiger partial charge < -0.3 is 5.32 Å². The third-order valence-corrected chi connectivity index (χ3v) is 4.56. The van der Waals surface area contributed by atoms with Gasteiger partial charge in [0.15, 0.2) is 0 Å². The fraction of sp³-hybridized carbons (Fsp3) is 0.316. The number of para-hydroxylation sites is 1. The summed E-state index contributed by atoms with van der Waals surface area (Å²) in [5.74, 6) is 0.521. The average molecular weight is 320 g/mol. The Hall–Kier alpha value is -2.69. The molecular weight excluding hydrogens is 300 g/mol. The van der Waals surface area contributed by atoms with E-state index in [1.54, 1.807) is 4.68 Å². The number of amides is 1. The molecule has 1 amide bonds. The molecule has 1 aliphatic rings. The standard InChI is InChI=1S/C19H20N4O/c1-13-6-8-14(9-7-13)19(15-10-11-15)20-18(24)12-23-17-5-3-2-4-16(17)21-22-23/h2-9,15,19H,10-12H2,1H3,(H,20,24). The minimum absolute atomic E-state index is 0.0249. The summed E-state index contributed by atoms with van der Waals surface area (Å²) in [5, 5.41) is 11.4. The van der Waals surface area contributed by atoms with E-state index < -0.39 is 0 Å². The van der Waals surface area contributed by atoms with Crippen molar-refractivity contribution in [1.82, 2.24) is 20.3 Å². The molecule has 1 aliphatic carbocycles. The minimum atomic E-state index is -0.0249. The normalized spacial score (nSPS) is 15.4. The van der Waals surface area contributed by atoms with E-state index in [-0.39, 0.29) is 18.5 Å². The molecule has 0 aliphatic heterocycles. The molecule has 1 aromatic heterocycles. The lowest BCUT2D eigenvalue weighted by Crippen LogP contribution is -2.33. The van der Waals surface area contributed by atoms with Crippen LogP contribution in [0.3, 0.4) is 0 Å². The van der Waals surface area contributed by atoms with Gasteiger partial charge in [-0.1, -0.05) is 47.2 Å². The van der Waals surface area contributed by atoms with Crippen LogP contribution in [0.2, 0.25) is 0 Å². The van der Waals surface area contributed by atoms with Crippen LogP contribution < -0.4 is 5.32 Å². The first kappa shape index (κ1) is 14.9. The lowest BCUT2D eigenvalue weighted by Gasteiger charge is -2.19. The molecule has 1 heterocycles. The SMILES string of the molecule is Cc1ccc(C(NC(=O)Cn2nnc3ccccc32)C2CC2)cc1. The molecule has 0 spiro atoms. The van der Waals surface area contributed by atoms with E-state index >= 15 is 0 Å². The molecule has 2 aromatic carbocycles. The number of aromatic nitrogens is 3. The van der Waals surface area contributed by atoms with Crippen molar-refractivity contribution < 1.29 is 4.79 Å². The zero-order chi connectivity index (χ0) is 16.5. The lowest BCUT2D eigenvalue weighted by atomic mass is 10.0. The molecule has 5 heteroatoms. The van der Waals surface area contributed by atoms with Crippen LogP contribution >= 0.6 is 0 Å². The zero-order valence-electron chi connectivity index (χ0n) is 13.6. The number of nitrogens with zero attached hydrogens (tertiary/aromatic N) is 3. The van der Waals surface area contributed by atoms with Crippen LogP contribution in [0.4, 0.5) is 0 Å². The first-order valence-electron chi connectivity index (χ1n) is 8.35. The van der Waals surface area contributed by atoms with Gasteiger partial charge in [-0.15, -0.1) is 5.10 Å². The van der Waals surface area contributed by atoms with Gasteiger partial charge in [0.2, 0.25) is 5.91 Å². The van der Waals surface area contributed by atoms with Crippen molar-refractivity contribution in [3.05, 3.63) is 59.7 Å². The van der Waals surface area contributed by atoms with Crippen LogP contribution in [-0.4, -0.2) is 20.9 Å². The highest BCUT2D eigenvalue weighted by Crippen LogP contribution is 2.41. The maximum Gasteiger partial charge on any atom is 0.242 e. The van der Waals surface area contributed by atoms with Gasteiger partial charge in [-0.3, -0.25) is 4.79 Å². The quantitative estimate of drug-likeness (QED) is 0.786. The summed E-state index contributed by atoms with van der Waals surface area (Å²) in [4.78, 5) is 12.5.